The molecule has 1 heterocycles. The van der Waals surface area contributed by atoms with Gasteiger partial charge in [0.05, 0.1) is 0 Å². The van der Waals surface area contributed by atoms with E-state index in [0.29, 0.717) is 11.1 Å². The number of phenols is 3. The van der Waals surface area contributed by atoms with Crippen molar-refractivity contribution >= 4 is 0 Å². The molecule has 0 spiro atoms. The molecule has 0 radical (unpaired) electrons. The van der Waals surface area contributed by atoms with Crippen LogP contribution in [-0.4, -0.2) is 31.6 Å². The summed E-state index contributed by atoms with van der Waals surface area (Å²) in [5, 5.41) is 48.7. The molecule has 1 aliphatic heterocycles. The largest absolute Gasteiger partial charge is 0.508 e. The lowest BCUT2D eigenvalue weighted by Gasteiger charge is -2.34. The average Bonchev–Trinajstić information content (AvgIpc) is 2.45. The minimum atomic E-state index is -1.24. The van der Waals surface area contributed by atoms with Crippen molar-refractivity contribution < 1.29 is 30.3 Å². The smallest absolute Gasteiger partial charge is 0.157 e. The molecule has 2 aromatic carbocycles. The summed E-state index contributed by atoms with van der Waals surface area (Å²) in [6, 6.07) is 8.21. The monoisotopic (exact) mass is 290 g/mol. The molecule has 0 aliphatic carbocycles. The SMILES string of the molecule is Oc1ccc2c(c1)O[C@@H](c1ccc(O)c(O)c1)[C@H](O)[C@H]2O. The van der Waals surface area contributed by atoms with E-state index in [4.69, 9.17) is 4.74 Å². The van der Waals surface area contributed by atoms with Gasteiger partial charge in [-0.25, -0.2) is 0 Å². The first-order valence-corrected chi connectivity index (χ1v) is 6.35. The molecule has 0 saturated heterocycles. The number of hydrogen-bond donors (Lipinski definition) is 5. The van der Waals surface area contributed by atoms with Gasteiger partial charge in [-0.15, -0.1) is 0 Å². The molecule has 5 N–H and O–H groups in total. The average molecular weight is 290 g/mol. The fourth-order valence-corrected chi connectivity index (χ4v) is 2.41. The molecule has 1 aliphatic rings. The molecular formula is C15H14O6. The zero-order valence-electron chi connectivity index (χ0n) is 10.8. The number of aromatic hydroxyl groups is 3. The Kier molecular flexibility index (Phi) is 3.12. The predicted octanol–water partition coefficient (Wildman–Crippen LogP) is 1.33. The first-order chi connectivity index (χ1) is 9.97. The van der Waals surface area contributed by atoms with Gasteiger partial charge in [0, 0.05) is 11.6 Å². The number of aliphatic hydroxyl groups is 2. The number of hydrogen-bond acceptors (Lipinski definition) is 6. The highest BCUT2D eigenvalue weighted by molar-refractivity contribution is 5.46. The highest BCUT2D eigenvalue weighted by atomic mass is 16.5. The van der Waals surface area contributed by atoms with Gasteiger partial charge < -0.3 is 30.3 Å². The predicted molar refractivity (Wildman–Crippen MR) is 72.2 cm³/mol. The molecule has 2 aromatic rings. The highest BCUT2D eigenvalue weighted by Crippen LogP contribution is 2.43. The third-order valence-corrected chi connectivity index (χ3v) is 3.53. The number of aliphatic hydroxyl groups excluding tert-OH is 2. The molecule has 0 saturated carbocycles. The zero-order chi connectivity index (χ0) is 15.1. The lowest BCUT2D eigenvalue weighted by atomic mass is 9.92. The van der Waals surface area contributed by atoms with Crippen molar-refractivity contribution in [3.8, 4) is 23.0 Å². The van der Waals surface area contributed by atoms with E-state index in [9.17, 15) is 25.5 Å². The topological polar surface area (TPSA) is 110 Å². The molecule has 3 rings (SSSR count). The van der Waals surface area contributed by atoms with E-state index in [1.54, 1.807) is 0 Å². The summed E-state index contributed by atoms with van der Waals surface area (Å²) in [6.45, 7) is 0. The van der Waals surface area contributed by atoms with Gasteiger partial charge >= 0.3 is 0 Å². The Hall–Kier alpha value is -2.44. The molecule has 0 unspecified atom stereocenters. The minimum absolute atomic E-state index is 0.0235. The van der Waals surface area contributed by atoms with Gasteiger partial charge in [-0.2, -0.15) is 0 Å². The van der Waals surface area contributed by atoms with Crippen molar-refractivity contribution in [1.29, 1.82) is 0 Å². The third kappa shape index (κ3) is 2.24. The number of rotatable bonds is 1. The molecular weight excluding hydrogens is 276 g/mol. The maximum absolute atomic E-state index is 10.2. The maximum Gasteiger partial charge on any atom is 0.157 e. The van der Waals surface area contributed by atoms with Crippen molar-refractivity contribution in [2.45, 2.75) is 18.3 Å². The fraction of sp³-hybridized carbons (Fsp3) is 0.200. The van der Waals surface area contributed by atoms with Gasteiger partial charge in [0.25, 0.3) is 0 Å². The van der Waals surface area contributed by atoms with Crippen LogP contribution in [0.25, 0.3) is 0 Å². The number of fused-ring (bicyclic) bond motifs is 1. The number of benzene rings is 2. The zero-order valence-corrected chi connectivity index (χ0v) is 10.8. The lowest BCUT2D eigenvalue weighted by molar-refractivity contribution is -0.0701. The quantitative estimate of drug-likeness (QED) is 0.507. The van der Waals surface area contributed by atoms with E-state index in [1.165, 1.54) is 36.4 Å². The highest BCUT2D eigenvalue weighted by Gasteiger charge is 2.37. The van der Waals surface area contributed by atoms with Gasteiger partial charge in [-0.3, -0.25) is 0 Å². The number of ether oxygens (including phenoxy) is 1. The maximum atomic E-state index is 10.2. The molecule has 3 atom stereocenters. The van der Waals surface area contributed by atoms with Crippen LogP contribution >= 0.6 is 0 Å². The van der Waals surface area contributed by atoms with Crippen LogP contribution in [0.4, 0.5) is 0 Å². The Morgan fingerprint density at radius 3 is 2.33 bits per heavy atom. The Labute approximate surface area is 120 Å². The summed E-state index contributed by atoms with van der Waals surface area (Å²) >= 11 is 0. The summed E-state index contributed by atoms with van der Waals surface area (Å²) < 4.78 is 5.61. The summed E-state index contributed by atoms with van der Waals surface area (Å²) in [5.41, 5.74) is 0.769. The standard InChI is InChI=1S/C15H14O6/c16-8-2-3-9-12(6-8)21-15(14(20)13(9)19)7-1-4-10(17)11(18)5-7/h1-6,13-20H/t13-,14+,15-/m0/s1. The molecule has 6 nitrogen and oxygen atoms in total. The summed E-state index contributed by atoms with van der Waals surface area (Å²) in [4.78, 5) is 0. The van der Waals surface area contributed by atoms with Crippen LogP contribution in [0.2, 0.25) is 0 Å². The normalized spacial score (nSPS) is 24.2. The molecule has 6 heteroatoms. The third-order valence-electron chi connectivity index (χ3n) is 3.53. The lowest BCUT2D eigenvalue weighted by Crippen LogP contribution is -2.34. The van der Waals surface area contributed by atoms with Gasteiger partial charge in [-0.1, -0.05) is 6.07 Å². The number of phenolic OH excluding ortho intramolecular Hbond substituents is 3. The van der Waals surface area contributed by atoms with Gasteiger partial charge in [0.1, 0.15) is 23.7 Å². The van der Waals surface area contributed by atoms with Gasteiger partial charge in [0.15, 0.2) is 17.6 Å². The molecule has 0 fully saturated rings. The van der Waals surface area contributed by atoms with E-state index in [-0.39, 0.29) is 23.0 Å². The van der Waals surface area contributed by atoms with E-state index >= 15 is 0 Å². The Morgan fingerprint density at radius 1 is 0.857 bits per heavy atom. The van der Waals surface area contributed by atoms with Crippen LogP contribution in [0.3, 0.4) is 0 Å². The van der Waals surface area contributed by atoms with Crippen molar-refractivity contribution in [1.82, 2.24) is 0 Å². The Morgan fingerprint density at radius 2 is 1.62 bits per heavy atom. The van der Waals surface area contributed by atoms with E-state index < -0.39 is 18.3 Å². The fourth-order valence-electron chi connectivity index (χ4n) is 2.41. The molecule has 0 amide bonds. The van der Waals surface area contributed by atoms with Crippen LogP contribution in [-0.2, 0) is 0 Å². The first kappa shape index (κ1) is 13.5. The Bertz CT molecular complexity index is 684. The van der Waals surface area contributed by atoms with E-state index in [1.807, 2.05) is 0 Å². The second-order valence-corrected chi connectivity index (χ2v) is 4.94. The Balaban J connectivity index is 2.02. The van der Waals surface area contributed by atoms with Crippen LogP contribution in [0.15, 0.2) is 36.4 Å². The molecule has 110 valence electrons. The van der Waals surface area contributed by atoms with Crippen LogP contribution in [0.5, 0.6) is 23.0 Å². The molecule has 21 heavy (non-hydrogen) atoms. The summed E-state index contributed by atoms with van der Waals surface area (Å²) in [6.07, 6.45) is -3.36. The van der Waals surface area contributed by atoms with Gasteiger partial charge in [-0.05, 0) is 29.8 Å². The van der Waals surface area contributed by atoms with Crippen molar-refractivity contribution in [2.75, 3.05) is 0 Å². The van der Waals surface area contributed by atoms with E-state index in [0.717, 1.165) is 0 Å². The summed E-state index contributed by atoms with van der Waals surface area (Å²) in [7, 11) is 0. The van der Waals surface area contributed by atoms with Crippen molar-refractivity contribution in [3.05, 3.63) is 47.5 Å². The van der Waals surface area contributed by atoms with Crippen molar-refractivity contribution in [2.24, 2.45) is 0 Å². The molecule has 0 aromatic heterocycles. The van der Waals surface area contributed by atoms with Gasteiger partial charge in [0.2, 0.25) is 0 Å². The second-order valence-electron chi connectivity index (χ2n) is 4.94. The first-order valence-electron chi connectivity index (χ1n) is 6.35. The summed E-state index contributed by atoms with van der Waals surface area (Å²) in [5.74, 6) is -0.405. The molecule has 0 bridgehead atoms. The second kappa shape index (κ2) is 4.83. The van der Waals surface area contributed by atoms with Crippen LogP contribution in [0.1, 0.15) is 23.3 Å². The van der Waals surface area contributed by atoms with Crippen LogP contribution < -0.4 is 4.74 Å². The van der Waals surface area contributed by atoms with Crippen molar-refractivity contribution in [3.63, 3.8) is 0 Å². The van der Waals surface area contributed by atoms with Crippen LogP contribution in [0, 0.1) is 0 Å². The minimum Gasteiger partial charge on any atom is -0.508 e. The van der Waals surface area contributed by atoms with E-state index in [2.05, 4.69) is 0 Å².